The van der Waals surface area contributed by atoms with Crippen molar-refractivity contribution in [2.45, 2.75) is 128 Å². The number of nitrogens with zero attached hydrogens (tertiary/aromatic N) is 9. The predicted octanol–water partition coefficient (Wildman–Crippen LogP) is 5.61. The second kappa shape index (κ2) is 20.0. The van der Waals surface area contributed by atoms with Crippen molar-refractivity contribution in [3.63, 3.8) is 0 Å². The highest BCUT2D eigenvalue weighted by Gasteiger charge is 2.35. The molecule has 0 bridgehead atoms. The number of benzene rings is 1. The second-order valence-corrected chi connectivity index (χ2v) is 18.5. The van der Waals surface area contributed by atoms with Gasteiger partial charge in [-0.3, -0.25) is 19.5 Å². The summed E-state index contributed by atoms with van der Waals surface area (Å²) >= 11 is 0. The van der Waals surface area contributed by atoms with Crippen molar-refractivity contribution in [3.05, 3.63) is 59.8 Å². The van der Waals surface area contributed by atoms with Crippen molar-refractivity contribution < 1.29 is 38.4 Å². The minimum absolute atomic E-state index is 0.0161. The molecule has 1 aromatic carbocycles. The topological polar surface area (TPSA) is 193 Å². The van der Waals surface area contributed by atoms with Crippen molar-refractivity contribution >= 4 is 34.0 Å². The molecule has 352 valence electrons. The zero-order chi connectivity index (χ0) is 45.2. The van der Waals surface area contributed by atoms with Gasteiger partial charge in [0.1, 0.15) is 29.6 Å². The second-order valence-electron chi connectivity index (χ2n) is 18.5. The Bertz CT molecular complexity index is 2380. The van der Waals surface area contributed by atoms with Crippen LogP contribution in [0.3, 0.4) is 0 Å². The average molecular weight is 904 g/mol. The third kappa shape index (κ3) is 10.00. The fraction of sp³-hybridized carbons (Fsp3) is 0.630. The van der Waals surface area contributed by atoms with E-state index in [0.29, 0.717) is 49.2 Å². The molecule has 0 spiro atoms. The van der Waals surface area contributed by atoms with Crippen molar-refractivity contribution in [2.24, 2.45) is 11.8 Å². The molecular formula is C46H63F2N11O6. The normalized spacial score (nSPS) is 25.6. The number of carbonyl (C=O) groups is 1. The number of halogens is 2. The highest BCUT2D eigenvalue weighted by Crippen LogP contribution is 2.39. The molecule has 4 aliphatic rings. The summed E-state index contributed by atoms with van der Waals surface area (Å²) in [7, 11) is 0. The number of carbonyl (C=O) groups excluding carboxylic acids is 1. The van der Waals surface area contributed by atoms with E-state index >= 15 is 0 Å². The summed E-state index contributed by atoms with van der Waals surface area (Å²) in [6.07, 6.45) is 10.0. The lowest BCUT2D eigenvalue weighted by atomic mass is 9.83. The number of ether oxygens (including phenoxy) is 2. The number of amides is 1. The molecule has 19 heteroatoms. The van der Waals surface area contributed by atoms with Crippen molar-refractivity contribution in [1.29, 1.82) is 0 Å². The summed E-state index contributed by atoms with van der Waals surface area (Å²) in [6.45, 7) is 8.75. The molecule has 2 aliphatic heterocycles. The first-order valence-electron chi connectivity index (χ1n) is 23.5. The summed E-state index contributed by atoms with van der Waals surface area (Å²) in [6, 6.07) is 7.44. The lowest BCUT2D eigenvalue weighted by Gasteiger charge is -2.39. The van der Waals surface area contributed by atoms with Gasteiger partial charge < -0.3 is 39.9 Å². The number of aryl methyl sites for hydroxylation is 1. The van der Waals surface area contributed by atoms with E-state index in [1.54, 1.807) is 16.9 Å². The van der Waals surface area contributed by atoms with Crippen LogP contribution in [0.1, 0.15) is 118 Å². The highest BCUT2D eigenvalue weighted by atomic mass is 19.3. The maximum atomic E-state index is 14.3. The average Bonchev–Trinajstić information content (AvgIpc) is 4.01. The van der Waals surface area contributed by atoms with Gasteiger partial charge >= 0.3 is 0 Å². The molecule has 17 nitrogen and oxygen atoms in total. The van der Waals surface area contributed by atoms with Gasteiger partial charge in [0.05, 0.1) is 66.0 Å². The van der Waals surface area contributed by atoms with Gasteiger partial charge in [-0.15, -0.1) is 0 Å². The van der Waals surface area contributed by atoms with Gasteiger partial charge in [0.2, 0.25) is 0 Å². The van der Waals surface area contributed by atoms with Gasteiger partial charge in [-0.1, -0.05) is 13.0 Å². The monoisotopic (exact) mass is 903 g/mol. The first-order valence-corrected chi connectivity index (χ1v) is 23.5. The largest absolute Gasteiger partial charge is 0.490 e. The van der Waals surface area contributed by atoms with E-state index in [1.165, 1.54) is 16.9 Å². The molecule has 2 aliphatic carbocycles. The number of rotatable bonds is 17. The molecule has 3 atom stereocenters. The number of aromatic nitrogens is 7. The van der Waals surface area contributed by atoms with Gasteiger partial charge in [-0.05, 0) is 108 Å². The Hall–Kier alpha value is -4.79. The summed E-state index contributed by atoms with van der Waals surface area (Å²) in [5.74, 6) is 1.79. The first kappa shape index (κ1) is 45.4. The Balaban J connectivity index is 0.705. The van der Waals surface area contributed by atoms with E-state index in [1.807, 2.05) is 41.6 Å². The first-order chi connectivity index (χ1) is 31.5. The maximum Gasteiger partial charge on any atom is 0.284 e. The van der Waals surface area contributed by atoms with Gasteiger partial charge in [-0.2, -0.15) is 15.3 Å². The molecule has 65 heavy (non-hydrogen) atoms. The van der Waals surface area contributed by atoms with Gasteiger partial charge in [0.25, 0.3) is 12.3 Å². The summed E-state index contributed by atoms with van der Waals surface area (Å²) in [5, 5.41) is 49.8. The van der Waals surface area contributed by atoms with Gasteiger partial charge in [-0.25, -0.2) is 18.3 Å². The quantitative estimate of drug-likeness (QED) is 0.0774. The van der Waals surface area contributed by atoms with E-state index in [9.17, 15) is 28.9 Å². The molecule has 2 saturated heterocycles. The molecule has 5 N–H and O–H groups in total. The molecule has 0 unspecified atom stereocenters. The molecule has 9 rings (SSSR count). The van der Waals surface area contributed by atoms with E-state index in [-0.39, 0.29) is 42.1 Å². The number of piperidine rings is 2. The van der Waals surface area contributed by atoms with E-state index in [0.717, 1.165) is 106 Å². The Morgan fingerprint density at radius 1 is 1.00 bits per heavy atom. The van der Waals surface area contributed by atoms with Crippen LogP contribution in [-0.4, -0.2) is 131 Å². The number of hydrogen-bond acceptors (Lipinski definition) is 13. The fourth-order valence-corrected chi connectivity index (χ4v) is 10.4. The van der Waals surface area contributed by atoms with Crippen LogP contribution in [0.4, 0.5) is 20.3 Å². The van der Waals surface area contributed by atoms with Crippen molar-refractivity contribution in [1.82, 2.24) is 44.4 Å². The standard InChI is InChI=1S/C46H63F2N11O6/c1-3-16-56(20-21-60)39-15-19-57-44(51-39)34(24-49-57)45(62)50-35-26-58(54-42(35)43(47)48)31-9-7-29(8-10-31)25-55-17-13-32(14-18-55)64-27-30-22-33(23-30)65-38-6-4-5-36-41(38)28(2)53-59(36)37-11-12-40(61)52-46(37)63/h4-6,15,19,24,26,29-33,37,40,43,46,52,60-61,63H,3,7-14,16-18,20-23,25,27H2,1-2H3,(H,50,62)/t29?,30?,31?,33?,37-,40-,46-/m0/s1. The molecule has 4 fully saturated rings. The number of nitrogens with one attached hydrogen (secondary N) is 2. The SMILES string of the molecule is CCCN(CCO)c1ccn2ncc(C(=O)Nc3cn(C4CCC(CN5CCC(OCC6CC(Oc7cccc8c7c(C)nn8[C@H]7CC[C@H](O)N[C@H]7O)C6)CC5)CC4)nc3C(F)F)c2n1. The Morgan fingerprint density at radius 2 is 1.80 bits per heavy atom. The fourth-order valence-electron chi connectivity index (χ4n) is 10.4. The van der Waals surface area contributed by atoms with Crippen LogP contribution in [-0.2, 0) is 4.74 Å². The number of aliphatic hydroxyl groups excluding tert-OH is 3. The number of likely N-dealkylation sites (tertiary alicyclic amines) is 1. The zero-order valence-electron chi connectivity index (χ0n) is 37.3. The van der Waals surface area contributed by atoms with E-state index < -0.39 is 30.5 Å². The van der Waals surface area contributed by atoms with Crippen LogP contribution < -0.4 is 20.3 Å². The highest BCUT2D eigenvalue weighted by molar-refractivity contribution is 6.08. The van der Waals surface area contributed by atoms with Crippen LogP contribution in [0.5, 0.6) is 5.75 Å². The number of hydrogen-bond donors (Lipinski definition) is 5. The van der Waals surface area contributed by atoms with Crippen LogP contribution in [0.2, 0.25) is 0 Å². The molecule has 2 saturated carbocycles. The Kier molecular flexibility index (Phi) is 13.9. The summed E-state index contributed by atoms with van der Waals surface area (Å²) in [4.78, 5) is 22.6. The molecule has 0 radical (unpaired) electrons. The predicted molar refractivity (Wildman–Crippen MR) is 239 cm³/mol. The molecular weight excluding hydrogens is 841 g/mol. The summed E-state index contributed by atoms with van der Waals surface area (Å²) < 4.78 is 46.5. The number of anilines is 2. The van der Waals surface area contributed by atoms with Crippen LogP contribution in [0.25, 0.3) is 16.6 Å². The lowest BCUT2D eigenvalue weighted by molar-refractivity contribution is -0.0481. The molecule has 1 amide bonds. The molecule has 4 aromatic heterocycles. The van der Waals surface area contributed by atoms with Crippen molar-refractivity contribution in [3.8, 4) is 5.75 Å². The zero-order valence-corrected chi connectivity index (χ0v) is 37.3. The smallest absolute Gasteiger partial charge is 0.284 e. The number of aliphatic hydroxyl groups is 3. The van der Waals surface area contributed by atoms with Crippen LogP contribution in [0.15, 0.2) is 42.9 Å². The minimum Gasteiger partial charge on any atom is -0.490 e. The number of fused-ring (bicyclic) bond motifs is 2. The Labute approximate surface area is 377 Å². The minimum atomic E-state index is -2.86. The Morgan fingerprint density at radius 3 is 2.54 bits per heavy atom. The maximum absolute atomic E-state index is 14.3. The van der Waals surface area contributed by atoms with Gasteiger partial charge in [0.15, 0.2) is 11.3 Å². The molecule has 6 heterocycles. The molecule has 5 aromatic rings. The lowest BCUT2D eigenvalue weighted by Crippen LogP contribution is -2.48. The van der Waals surface area contributed by atoms with Gasteiger partial charge in [0, 0.05) is 45.1 Å². The third-order valence-corrected chi connectivity index (χ3v) is 13.9. The third-order valence-electron chi connectivity index (χ3n) is 13.9. The summed E-state index contributed by atoms with van der Waals surface area (Å²) in [5.41, 5.74) is 1.75. The van der Waals surface area contributed by atoms with E-state index in [4.69, 9.17) is 14.6 Å². The van der Waals surface area contributed by atoms with Crippen LogP contribution >= 0.6 is 0 Å². The number of alkyl halides is 2. The van der Waals surface area contributed by atoms with E-state index in [2.05, 4.69) is 30.7 Å². The van der Waals surface area contributed by atoms with Crippen molar-refractivity contribution in [2.75, 3.05) is 56.2 Å². The van der Waals surface area contributed by atoms with Crippen LogP contribution in [0, 0.1) is 18.8 Å².